The summed E-state index contributed by atoms with van der Waals surface area (Å²) < 4.78 is 0. The fourth-order valence-corrected chi connectivity index (χ4v) is 3.88. The molecule has 5 heteroatoms. The number of piperidine rings is 1. The van der Waals surface area contributed by atoms with Gasteiger partial charge in [0.2, 0.25) is 5.91 Å². The Balaban J connectivity index is 1.39. The van der Waals surface area contributed by atoms with Crippen LogP contribution in [0.15, 0.2) is 47.8 Å². The molecule has 1 aromatic carbocycles. The molecule has 3 rings (SSSR count). The van der Waals surface area contributed by atoms with Crippen molar-refractivity contribution in [3.8, 4) is 0 Å². The van der Waals surface area contributed by atoms with Crippen LogP contribution in [0.1, 0.15) is 29.3 Å². The minimum absolute atomic E-state index is 0.0813. The van der Waals surface area contributed by atoms with E-state index in [1.54, 1.807) is 0 Å². The molecule has 1 saturated heterocycles. The molecule has 0 aliphatic carbocycles. The molecule has 1 amide bonds. The van der Waals surface area contributed by atoms with Gasteiger partial charge in [-0.05, 0) is 48.9 Å². The second-order valence-corrected chi connectivity index (χ2v) is 7.46. The quantitative estimate of drug-likeness (QED) is 0.848. The summed E-state index contributed by atoms with van der Waals surface area (Å²) in [5.74, 6) is 0.471. The van der Waals surface area contributed by atoms with Gasteiger partial charge >= 0.3 is 0 Å². The second kappa shape index (κ2) is 8.42. The third-order valence-electron chi connectivity index (χ3n) is 4.67. The molecule has 128 valence electrons. The van der Waals surface area contributed by atoms with Crippen molar-refractivity contribution in [3.05, 3.63) is 58.3 Å². The van der Waals surface area contributed by atoms with Crippen LogP contribution in [0, 0.1) is 5.92 Å². The van der Waals surface area contributed by atoms with Crippen LogP contribution >= 0.6 is 11.3 Å². The Hall–Kier alpha value is -1.69. The van der Waals surface area contributed by atoms with Crippen LogP contribution in [-0.4, -0.2) is 30.4 Å². The SMILES string of the molecule is NC(C(=O)NCC1CCN(Cc2cccs2)CC1)c1ccccc1. The fourth-order valence-electron chi connectivity index (χ4n) is 3.14. The van der Waals surface area contributed by atoms with Crippen molar-refractivity contribution in [1.82, 2.24) is 10.2 Å². The first-order chi connectivity index (χ1) is 11.7. The van der Waals surface area contributed by atoms with Crippen molar-refractivity contribution >= 4 is 17.2 Å². The number of nitrogens with two attached hydrogens (primary N) is 1. The number of benzene rings is 1. The topological polar surface area (TPSA) is 58.4 Å². The van der Waals surface area contributed by atoms with E-state index in [0.717, 1.165) is 44.6 Å². The minimum atomic E-state index is -0.579. The van der Waals surface area contributed by atoms with Gasteiger partial charge in [-0.25, -0.2) is 0 Å². The van der Waals surface area contributed by atoms with E-state index in [-0.39, 0.29) is 5.91 Å². The number of likely N-dealkylation sites (tertiary alicyclic amines) is 1. The van der Waals surface area contributed by atoms with Gasteiger partial charge in [-0.1, -0.05) is 36.4 Å². The van der Waals surface area contributed by atoms with Gasteiger partial charge in [-0.2, -0.15) is 0 Å². The van der Waals surface area contributed by atoms with Crippen molar-refractivity contribution in [2.24, 2.45) is 11.7 Å². The van der Waals surface area contributed by atoms with Gasteiger partial charge in [0, 0.05) is 18.0 Å². The lowest BCUT2D eigenvalue weighted by atomic mass is 9.96. The van der Waals surface area contributed by atoms with E-state index < -0.39 is 6.04 Å². The van der Waals surface area contributed by atoms with Gasteiger partial charge in [0.05, 0.1) is 0 Å². The summed E-state index contributed by atoms with van der Waals surface area (Å²) in [6.07, 6.45) is 2.26. The highest BCUT2D eigenvalue weighted by Gasteiger charge is 2.21. The maximum atomic E-state index is 12.2. The Bertz CT molecular complexity index is 621. The predicted octanol–water partition coefficient (Wildman–Crippen LogP) is 2.78. The lowest BCUT2D eigenvalue weighted by molar-refractivity contribution is -0.122. The molecule has 1 atom stereocenters. The molecule has 0 spiro atoms. The molecule has 0 bridgehead atoms. The molecule has 3 N–H and O–H groups in total. The van der Waals surface area contributed by atoms with Crippen molar-refractivity contribution in [1.29, 1.82) is 0 Å². The van der Waals surface area contributed by atoms with E-state index in [9.17, 15) is 4.79 Å². The summed E-state index contributed by atoms with van der Waals surface area (Å²) in [4.78, 5) is 16.1. The molecule has 1 aliphatic heterocycles. The molecule has 4 nitrogen and oxygen atoms in total. The van der Waals surface area contributed by atoms with Crippen LogP contribution < -0.4 is 11.1 Å². The maximum absolute atomic E-state index is 12.2. The number of hydrogen-bond donors (Lipinski definition) is 2. The normalized spacial score (nSPS) is 17.5. The van der Waals surface area contributed by atoms with Gasteiger partial charge < -0.3 is 11.1 Å². The molecular weight excluding hydrogens is 318 g/mol. The van der Waals surface area contributed by atoms with E-state index in [1.807, 2.05) is 41.7 Å². The smallest absolute Gasteiger partial charge is 0.241 e. The highest BCUT2D eigenvalue weighted by atomic mass is 32.1. The van der Waals surface area contributed by atoms with Crippen molar-refractivity contribution in [3.63, 3.8) is 0 Å². The zero-order chi connectivity index (χ0) is 16.8. The van der Waals surface area contributed by atoms with Crippen LogP contribution in [0.3, 0.4) is 0 Å². The molecule has 1 unspecified atom stereocenters. The van der Waals surface area contributed by atoms with Gasteiger partial charge in [-0.3, -0.25) is 9.69 Å². The Labute approximate surface area is 147 Å². The summed E-state index contributed by atoms with van der Waals surface area (Å²) in [5.41, 5.74) is 6.89. The highest BCUT2D eigenvalue weighted by molar-refractivity contribution is 7.09. The standard InChI is InChI=1S/C19H25N3OS/c20-18(16-5-2-1-3-6-16)19(23)21-13-15-8-10-22(11-9-15)14-17-7-4-12-24-17/h1-7,12,15,18H,8-11,13-14,20H2,(H,21,23). The zero-order valence-electron chi connectivity index (χ0n) is 13.9. The summed E-state index contributed by atoms with van der Waals surface area (Å²) >= 11 is 1.82. The Morgan fingerprint density at radius 1 is 1.21 bits per heavy atom. The average molecular weight is 343 g/mol. The monoisotopic (exact) mass is 343 g/mol. The number of nitrogens with one attached hydrogen (secondary N) is 1. The number of thiophene rings is 1. The summed E-state index contributed by atoms with van der Waals surface area (Å²) in [6, 6.07) is 13.3. The molecular formula is C19H25N3OS. The van der Waals surface area contributed by atoms with Crippen molar-refractivity contribution < 1.29 is 4.79 Å². The molecule has 1 aliphatic rings. The molecule has 1 aromatic heterocycles. The van der Waals surface area contributed by atoms with Crippen LogP contribution in [0.4, 0.5) is 0 Å². The number of hydrogen-bond acceptors (Lipinski definition) is 4. The van der Waals surface area contributed by atoms with Gasteiger partial charge in [0.1, 0.15) is 6.04 Å². The van der Waals surface area contributed by atoms with Gasteiger partial charge in [0.25, 0.3) is 0 Å². The number of carbonyl (C=O) groups excluding carboxylic acids is 1. The lowest BCUT2D eigenvalue weighted by Gasteiger charge is -2.31. The first kappa shape index (κ1) is 17.1. The van der Waals surface area contributed by atoms with Crippen LogP contribution in [0.5, 0.6) is 0 Å². The first-order valence-corrected chi connectivity index (χ1v) is 9.43. The first-order valence-electron chi connectivity index (χ1n) is 8.55. The molecule has 24 heavy (non-hydrogen) atoms. The van der Waals surface area contributed by atoms with E-state index in [1.165, 1.54) is 4.88 Å². The molecule has 0 radical (unpaired) electrons. The lowest BCUT2D eigenvalue weighted by Crippen LogP contribution is -2.40. The fraction of sp³-hybridized carbons (Fsp3) is 0.421. The highest BCUT2D eigenvalue weighted by Crippen LogP contribution is 2.20. The Morgan fingerprint density at radius 2 is 1.96 bits per heavy atom. The molecule has 2 aromatic rings. The van der Waals surface area contributed by atoms with Gasteiger partial charge in [-0.15, -0.1) is 11.3 Å². The van der Waals surface area contributed by atoms with Gasteiger partial charge in [0.15, 0.2) is 0 Å². The Kier molecular flexibility index (Phi) is 6.01. The second-order valence-electron chi connectivity index (χ2n) is 6.43. The minimum Gasteiger partial charge on any atom is -0.354 e. The summed E-state index contributed by atoms with van der Waals surface area (Å²) in [5, 5.41) is 5.16. The van der Waals surface area contributed by atoms with Crippen LogP contribution in [-0.2, 0) is 11.3 Å². The number of rotatable bonds is 6. The molecule has 0 saturated carbocycles. The Morgan fingerprint density at radius 3 is 2.62 bits per heavy atom. The number of carbonyl (C=O) groups is 1. The largest absolute Gasteiger partial charge is 0.354 e. The van der Waals surface area contributed by atoms with E-state index >= 15 is 0 Å². The molecule has 2 heterocycles. The third kappa shape index (κ3) is 4.66. The van der Waals surface area contributed by atoms with Crippen molar-refractivity contribution in [2.75, 3.05) is 19.6 Å². The molecule has 1 fully saturated rings. The zero-order valence-corrected chi connectivity index (χ0v) is 14.7. The van der Waals surface area contributed by atoms with Crippen LogP contribution in [0.2, 0.25) is 0 Å². The van der Waals surface area contributed by atoms with E-state index in [0.29, 0.717) is 5.92 Å². The van der Waals surface area contributed by atoms with E-state index in [4.69, 9.17) is 5.73 Å². The average Bonchev–Trinajstić information content (AvgIpc) is 3.14. The summed E-state index contributed by atoms with van der Waals surface area (Å²) in [6.45, 7) is 3.98. The predicted molar refractivity (Wildman–Crippen MR) is 98.7 cm³/mol. The maximum Gasteiger partial charge on any atom is 0.241 e. The number of amides is 1. The van der Waals surface area contributed by atoms with Crippen LogP contribution in [0.25, 0.3) is 0 Å². The number of nitrogens with zero attached hydrogens (tertiary/aromatic N) is 1. The third-order valence-corrected chi connectivity index (χ3v) is 5.53. The van der Waals surface area contributed by atoms with Crippen molar-refractivity contribution in [2.45, 2.75) is 25.4 Å². The van der Waals surface area contributed by atoms with E-state index in [2.05, 4.69) is 27.7 Å². The summed E-state index contributed by atoms with van der Waals surface area (Å²) in [7, 11) is 0.